The van der Waals surface area contributed by atoms with Gasteiger partial charge in [0, 0.05) is 34.5 Å². The molecule has 6 heteroatoms. The molecule has 0 fully saturated rings. The van der Waals surface area contributed by atoms with Crippen LogP contribution in [0, 0.1) is 38.8 Å². The quantitative estimate of drug-likeness (QED) is 0.136. The van der Waals surface area contributed by atoms with Crippen molar-refractivity contribution in [2.24, 2.45) is 5.92 Å². The van der Waals surface area contributed by atoms with Crippen molar-refractivity contribution in [3.05, 3.63) is 131 Å². The van der Waals surface area contributed by atoms with Gasteiger partial charge in [0.15, 0.2) is 0 Å². The van der Waals surface area contributed by atoms with Crippen LogP contribution < -0.4 is 4.74 Å². The van der Waals surface area contributed by atoms with Crippen molar-refractivity contribution < 1.29 is 25.8 Å². The van der Waals surface area contributed by atoms with Crippen LogP contribution in [0.2, 0.25) is 0 Å². The maximum atomic E-state index is 6.64. The van der Waals surface area contributed by atoms with Gasteiger partial charge in [-0.15, -0.1) is 35.7 Å². The molecule has 0 radical (unpaired) electrons. The summed E-state index contributed by atoms with van der Waals surface area (Å²) in [5.74, 6) is 3.09. The van der Waals surface area contributed by atoms with Crippen LogP contribution in [0.3, 0.4) is 0 Å². The van der Waals surface area contributed by atoms with Gasteiger partial charge in [-0.05, 0) is 91.4 Å². The van der Waals surface area contributed by atoms with E-state index in [0.717, 1.165) is 68.8 Å². The van der Waals surface area contributed by atoms with Gasteiger partial charge in [0.1, 0.15) is 5.82 Å². The molecule has 0 aliphatic rings. The van der Waals surface area contributed by atoms with Crippen LogP contribution >= 0.6 is 0 Å². The summed E-state index contributed by atoms with van der Waals surface area (Å²) in [7, 11) is 0. The van der Waals surface area contributed by atoms with Gasteiger partial charge < -0.3 is 9.30 Å². The number of hydrogen-bond donors (Lipinski definition) is 0. The summed E-state index contributed by atoms with van der Waals surface area (Å²) in [5, 5.41) is 7.30. The standard InChI is InChI=1S/C43H42N4O.Pt/c1-8-29(5)34-14-17-40-39(24-34)38-16-15-36(26-41(38)46(40)42-21-28(4)18-19-44-42)48-37-23-32(20-27(2)3)22-35(25-37)47-31(7)43(30(6)45-47)33-12-10-9-11-13-33;/h9-19,21-24,27,29H,8,20H2,1-7H3;/q-2;+2. The Morgan fingerprint density at radius 1 is 0.816 bits per heavy atom. The van der Waals surface area contributed by atoms with Crippen molar-refractivity contribution >= 4 is 21.8 Å². The zero-order valence-corrected chi connectivity index (χ0v) is 31.5. The maximum absolute atomic E-state index is 6.64. The van der Waals surface area contributed by atoms with Gasteiger partial charge in [-0.2, -0.15) is 16.7 Å². The Labute approximate surface area is 304 Å². The fourth-order valence-electron chi connectivity index (χ4n) is 6.79. The smallest absolute Gasteiger partial charge is 0.509 e. The Morgan fingerprint density at radius 2 is 1.61 bits per heavy atom. The van der Waals surface area contributed by atoms with Crippen LogP contribution in [0.1, 0.15) is 68.1 Å². The van der Waals surface area contributed by atoms with Crippen molar-refractivity contribution in [2.45, 2.75) is 67.2 Å². The van der Waals surface area contributed by atoms with Crippen LogP contribution in [0.4, 0.5) is 0 Å². The van der Waals surface area contributed by atoms with E-state index in [2.05, 4.69) is 132 Å². The normalized spacial score (nSPS) is 12.1. The van der Waals surface area contributed by atoms with Crippen molar-refractivity contribution in [3.8, 4) is 34.1 Å². The van der Waals surface area contributed by atoms with Gasteiger partial charge in [0.25, 0.3) is 0 Å². The zero-order chi connectivity index (χ0) is 33.5. The Morgan fingerprint density at radius 3 is 2.35 bits per heavy atom. The van der Waals surface area contributed by atoms with Crippen molar-refractivity contribution in [1.29, 1.82) is 0 Å². The van der Waals surface area contributed by atoms with E-state index in [1.54, 1.807) is 0 Å². The number of aromatic nitrogens is 4. The predicted octanol–water partition coefficient (Wildman–Crippen LogP) is 11.1. The number of fused-ring (bicyclic) bond motifs is 3. The average Bonchev–Trinajstić information content (AvgIpc) is 3.56. The van der Waals surface area contributed by atoms with Crippen molar-refractivity contribution in [1.82, 2.24) is 19.3 Å². The van der Waals surface area contributed by atoms with E-state index in [9.17, 15) is 0 Å². The van der Waals surface area contributed by atoms with E-state index >= 15 is 0 Å². The molecule has 1 atom stereocenters. The molecule has 0 saturated carbocycles. The zero-order valence-electron chi connectivity index (χ0n) is 29.2. The molecule has 4 aromatic carbocycles. The molecule has 7 rings (SSSR count). The van der Waals surface area contributed by atoms with Gasteiger partial charge in [-0.1, -0.05) is 75.7 Å². The summed E-state index contributed by atoms with van der Waals surface area (Å²) in [6.07, 6.45) is 3.87. The first-order valence-electron chi connectivity index (χ1n) is 17.0. The Balaban J connectivity index is 0.00000417. The summed E-state index contributed by atoms with van der Waals surface area (Å²) < 4.78 is 10.8. The maximum Gasteiger partial charge on any atom is 2.00 e. The first-order valence-corrected chi connectivity index (χ1v) is 17.0. The van der Waals surface area contributed by atoms with Crippen LogP contribution in [-0.2, 0) is 27.5 Å². The molecule has 1 unspecified atom stereocenters. The van der Waals surface area contributed by atoms with Gasteiger partial charge in [-0.25, -0.2) is 4.98 Å². The second-order valence-corrected chi connectivity index (χ2v) is 13.5. The van der Waals surface area contributed by atoms with E-state index < -0.39 is 0 Å². The number of rotatable bonds is 9. The van der Waals surface area contributed by atoms with Crippen LogP contribution in [0.25, 0.3) is 44.4 Å². The first-order chi connectivity index (χ1) is 23.2. The van der Waals surface area contributed by atoms with Gasteiger partial charge in [-0.3, -0.25) is 4.68 Å². The molecule has 0 saturated heterocycles. The number of pyridine rings is 1. The molecule has 0 spiro atoms. The van der Waals surface area contributed by atoms with Crippen molar-refractivity contribution in [2.75, 3.05) is 0 Å². The molecule has 5 nitrogen and oxygen atoms in total. The molecule has 3 heterocycles. The summed E-state index contributed by atoms with van der Waals surface area (Å²) in [6, 6.07) is 37.1. The second-order valence-electron chi connectivity index (χ2n) is 13.5. The Kier molecular flexibility index (Phi) is 9.95. The molecule has 49 heavy (non-hydrogen) atoms. The average molecular weight is 826 g/mol. The molecule has 0 aliphatic heterocycles. The topological polar surface area (TPSA) is 44.9 Å². The minimum Gasteiger partial charge on any atom is -0.509 e. The van der Waals surface area contributed by atoms with Crippen molar-refractivity contribution in [3.63, 3.8) is 0 Å². The molecule has 0 amide bonds. The largest absolute Gasteiger partial charge is 2.00 e. The number of nitrogens with zero attached hydrogens (tertiary/aromatic N) is 4. The SMILES string of the molecule is CCC(C)c1ccc2c(c1)c1ccc(Oc3[c-]c(-n4nc(C)c(-c5ccccc5)c4C)cc(CC(C)C)c3)[c-]c1n2-c1cc(C)ccn1.[Pt+2]. The summed E-state index contributed by atoms with van der Waals surface area (Å²) >= 11 is 0. The molecule has 7 aromatic rings. The third-order valence-corrected chi connectivity index (χ3v) is 9.32. The Bertz CT molecular complexity index is 2260. The molecule has 250 valence electrons. The fourth-order valence-corrected chi connectivity index (χ4v) is 6.79. The second kappa shape index (κ2) is 14.2. The van der Waals surface area contributed by atoms with E-state index in [-0.39, 0.29) is 21.1 Å². The minimum atomic E-state index is 0. The van der Waals surface area contributed by atoms with E-state index in [4.69, 9.17) is 14.8 Å². The van der Waals surface area contributed by atoms with Crippen LogP contribution in [-0.4, -0.2) is 19.3 Å². The number of hydrogen-bond acceptors (Lipinski definition) is 3. The van der Waals surface area contributed by atoms with E-state index in [1.807, 2.05) is 29.1 Å². The number of aryl methyl sites for hydroxylation is 2. The summed E-state index contributed by atoms with van der Waals surface area (Å²) in [4.78, 5) is 4.78. The van der Waals surface area contributed by atoms with E-state index in [1.165, 1.54) is 16.5 Å². The Hall–Kier alpha value is -4.47. The molecule has 0 aliphatic carbocycles. The fraction of sp³-hybridized carbons (Fsp3) is 0.256. The monoisotopic (exact) mass is 825 g/mol. The molecule has 3 aromatic heterocycles. The third kappa shape index (κ3) is 6.74. The third-order valence-electron chi connectivity index (χ3n) is 9.32. The van der Waals surface area contributed by atoms with Gasteiger partial charge >= 0.3 is 21.1 Å². The molecule has 0 bridgehead atoms. The minimum absolute atomic E-state index is 0. The molecular formula is C43H42N4OPt. The summed E-state index contributed by atoms with van der Waals surface area (Å²) in [6.45, 7) is 15.3. The van der Waals surface area contributed by atoms with Gasteiger partial charge in [0.2, 0.25) is 0 Å². The number of ether oxygens (including phenoxy) is 1. The number of benzene rings is 4. The molecular weight excluding hydrogens is 784 g/mol. The van der Waals surface area contributed by atoms with Crippen LogP contribution in [0.15, 0.2) is 91.1 Å². The van der Waals surface area contributed by atoms with Gasteiger partial charge in [0.05, 0.1) is 5.69 Å². The molecule has 0 N–H and O–H groups in total. The van der Waals surface area contributed by atoms with E-state index in [0.29, 0.717) is 23.3 Å². The first kappa shape index (κ1) is 34.4. The predicted molar refractivity (Wildman–Crippen MR) is 197 cm³/mol. The summed E-state index contributed by atoms with van der Waals surface area (Å²) in [5.41, 5.74) is 10.9. The van der Waals surface area contributed by atoms with Crippen LogP contribution in [0.5, 0.6) is 11.5 Å².